The fraction of sp³-hybridized carbons (Fsp3) is 0.462. The van der Waals surface area contributed by atoms with E-state index in [0.717, 1.165) is 12.5 Å². The van der Waals surface area contributed by atoms with E-state index in [-0.39, 0.29) is 29.0 Å². The van der Waals surface area contributed by atoms with Crippen molar-refractivity contribution >= 4 is 31.9 Å². The molecule has 6 nitrogen and oxygen atoms in total. The lowest BCUT2D eigenvalue weighted by Gasteiger charge is -2.15. The average molecular weight is 378 g/mol. The van der Waals surface area contributed by atoms with Gasteiger partial charge in [0, 0.05) is 23.5 Å². The van der Waals surface area contributed by atoms with Gasteiger partial charge in [0.05, 0.1) is 16.6 Å². The molecule has 1 aliphatic heterocycles. The van der Waals surface area contributed by atoms with Gasteiger partial charge in [0.1, 0.15) is 0 Å². The number of halogens is 1. The van der Waals surface area contributed by atoms with Gasteiger partial charge in [-0.15, -0.1) is 0 Å². The van der Waals surface area contributed by atoms with Crippen molar-refractivity contribution in [1.82, 2.24) is 4.72 Å². The number of ether oxygens (including phenoxy) is 1. The number of benzene rings is 1. The molecule has 1 aromatic rings. The third-order valence-electron chi connectivity index (χ3n) is 3.54. The highest BCUT2D eigenvalue weighted by Gasteiger charge is 2.27. The van der Waals surface area contributed by atoms with Crippen LogP contribution in [-0.2, 0) is 14.8 Å². The van der Waals surface area contributed by atoms with E-state index in [1.807, 2.05) is 6.92 Å². The summed E-state index contributed by atoms with van der Waals surface area (Å²) in [5.41, 5.74) is -0.0730. The molecule has 1 aliphatic rings. The Balaban J connectivity index is 2.19. The first-order valence-electron chi connectivity index (χ1n) is 6.45. The number of carboxylic acids is 1. The maximum absolute atomic E-state index is 12.3. The minimum absolute atomic E-state index is 0.0153. The smallest absolute Gasteiger partial charge is 0.335 e. The summed E-state index contributed by atoms with van der Waals surface area (Å²) in [5.74, 6) is -1.04. The lowest BCUT2D eigenvalue weighted by atomic mass is 10.0. The molecule has 0 bridgehead atoms. The van der Waals surface area contributed by atoms with Crippen LogP contribution in [0.25, 0.3) is 0 Å². The van der Waals surface area contributed by atoms with Crippen molar-refractivity contribution in [3.8, 4) is 0 Å². The van der Waals surface area contributed by atoms with E-state index in [1.54, 1.807) is 0 Å². The van der Waals surface area contributed by atoms with Gasteiger partial charge in [0.25, 0.3) is 0 Å². The normalized spacial score (nSPS) is 22.4. The molecule has 116 valence electrons. The maximum atomic E-state index is 12.3. The van der Waals surface area contributed by atoms with E-state index in [0.29, 0.717) is 11.1 Å². The Kier molecular flexibility index (Phi) is 5.03. The summed E-state index contributed by atoms with van der Waals surface area (Å²) in [5, 5.41) is 8.96. The van der Waals surface area contributed by atoms with Crippen LogP contribution in [0.1, 0.15) is 23.7 Å². The summed E-state index contributed by atoms with van der Waals surface area (Å²) in [6, 6.07) is 3.90. The van der Waals surface area contributed by atoms with Gasteiger partial charge in [0.15, 0.2) is 0 Å². The average Bonchev–Trinajstić information content (AvgIpc) is 2.82. The molecule has 0 radical (unpaired) electrons. The van der Waals surface area contributed by atoms with Gasteiger partial charge in [-0.2, -0.15) is 0 Å². The highest BCUT2D eigenvalue weighted by molar-refractivity contribution is 9.10. The van der Waals surface area contributed by atoms with Crippen LogP contribution in [0, 0.1) is 5.92 Å². The number of rotatable bonds is 5. The Bertz CT molecular complexity index is 646. The third-order valence-corrected chi connectivity index (χ3v) is 5.95. The molecule has 1 heterocycles. The fourth-order valence-electron chi connectivity index (χ4n) is 2.18. The Morgan fingerprint density at radius 1 is 1.52 bits per heavy atom. The van der Waals surface area contributed by atoms with Crippen molar-refractivity contribution in [1.29, 1.82) is 0 Å². The van der Waals surface area contributed by atoms with E-state index < -0.39 is 16.0 Å². The Morgan fingerprint density at radius 3 is 2.81 bits per heavy atom. The SMILES string of the molecule is CC1OCCC1CNS(=O)(=O)c1cc(C(=O)O)ccc1Br. The van der Waals surface area contributed by atoms with Gasteiger partial charge in [0.2, 0.25) is 10.0 Å². The second-order valence-electron chi connectivity index (χ2n) is 4.93. The standard InChI is InChI=1S/C13H16BrNO5S/c1-8-10(4-5-20-8)7-15-21(18,19)12-6-9(13(16)17)2-3-11(12)14/h2-3,6,8,10,15H,4-5,7H2,1H3,(H,16,17). The summed E-state index contributed by atoms with van der Waals surface area (Å²) in [7, 11) is -3.77. The van der Waals surface area contributed by atoms with Crippen LogP contribution in [0.2, 0.25) is 0 Å². The molecule has 1 fully saturated rings. The summed E-state index contributed by atoms with van der Waals surface area (Å²) >= 11 is 3.14. The molecule has 2 rings (SSSR count). The molecule has 2 unspecified atom stereocenters. The van der Waals surface area contributed by atoms with Gasteiger partial charge in [-0.05, 0) is 47.5 Å². The monoisotopic (exact) mass is 377 g/mol. The highest BCUT2D eigenvalue weighted by atomic mass is 79.9. The van der Waals surface area contributed by atoms with Crippen LogP contribution in [0.15, 0.2) is 27.6 Å². The second kappa shape index (κ2) is 6.43. The molecule has 1 saturated heterocycles. The summed E-state index contributed by atoms with van der Waals surface area (Å²) in [6.07, 6.45) is 0.821. The predicted octanol–water partition coefficient (Wildman–Crippen LogP) is 1.85. The number of sulfonamides is 1. The summed E-state index contributed by atoms with van der Waals surface area (Å²) in [6.45, 7) is 2.81. The Morgan fingerprint density at radius 2 is 2.24 bits per heavy atom. The Hall–Kier alpha value is -0.960. The molecule has 21 heavy (non-hydrogen) atoms. The van der Waals surface area contributed by atoms with Gasteiger partial charge in [-0.3, -0.25) is 0 Å². The first-order valence-corrected chi connectivity index (χ1v) is 8.73. The fourth-order valence-corrected chi connectivity index (χ4v) is 4.26. The van der Waals surface area contributed by atoms with Crippen molar-refractivity contribution in [2.24, 2.45) is 5.92 Å². The van der Waals surface area contributed by atoms with Crippen LogP contribution < -0.4 is 4.72 Å². The lowest BCUT2D eigenvalue weighted by Crippen LogP contribution is -2.32. The number of nitrogens with one attached hydrogen (secondary N) is 1. The van der Waals surface area contributed by atoms with E-state index in [9.17, 15) is 13.2 Å². The maximum Gasteiger partial charge on any atom is 0.335 e. The molecule has 0 aliphatic carbocycles. The van der Waals surface area contributed by atoms with Crippen molar-refractivity contribution in [2.75, 3.05) is 13.2 Å². The quantitative estimate of drug-likeness (QED) is 0.816. The second-order valence-corrected chi connectivity index (χ2v) is 7.52. The van der Waals surface area contributed by atoms with E-state index >= 15 is 0 Å². The minimum atomic E-state index is -3.77. The van der Waals surface area contributed by atoms with E-state index in [4.69, 9.17) is 9.84 Å². The summed E-state index contributed by atoms with van der Waals surface area (Å²) in [4.78, 5) is 10.9. The molecule has 1 aromatic carbocycles. The van der Waals surface area contributed by atoms with Crippen LogP contribution in [0.3, 0.4) is 0 Å². The molecule has 0 spiro atoms. The number of hydrogen-bond acceptors (Lipinski definition) is 4. The largest absolute Gasteiger partial charge is 0.478 e. The zero-order valence-corrected chi connectivity index (χ0v) is 13.8. The first kappa shape index (κ1) is 16.4. The first-order chi connectivity index (χ1) is 9.81. The number of aromatic carboxylic acids is 1. The minimum Gasteiger partial charge on any atom is -0.478 e. The molecule has 2 N–H and O–H groups in total. The number of hydrogen-bond donors (Lipinski definition) is 2. The number of carboxylic acid groups (broad SMARTS) is 1. The zero-order valence-electron chi connectivity index (χ0n) is 11.4. The van der Waals surface area contributed by atoms with Gasteiger partial charge >= 0.3 is 5.97 Å². The molecule has 8 heteroatoms. The van der Waals surface area contributed by atoms with Gasteiger partial charge < -0.3 is 9.84 Å². The molecule has 0 aromatic heterocycles. The van der Waals surface area contributed by atoms with Gasteiger partial charge in [-0.25, -0.2) is 17.9 Å². The Labute approximate surface area is 131 Å². The van der Waals surface area contributed by atoms with Crippen LogP contribution in [-0.4, -0.2) is 38.7 Å². The molecule has 0 amide bonds. The van der Waals surface area contributed by atoms with Gasteiger partial charge in [-0.1, -0.05) is 0 Å². The third kappa shape index (κ3) is 3.82. The lowest BCUT2D eigenvalue weighted by molar-refractivity contribution is 0.0696. The molecule has 2 atom stereocenters. The van der Waals surface area contributed by atoms with Crippen molar-refractivity contribution in [2.45, 2.75) is 24.3 Å². The topological polar surface area (TPSA) is 92.7 Å². The van der Waals surface area contributed by atoms with Crippen LogP contribution in [0.5, 0.6) is 0 Å². The van der Waals surface area contributed by atoms with Crippen LogP contribution in [0.4, 0.5) is 0 Å². The predicted molar refractivity (Wildman–Crippen MR) is 79.8 cm³/mol. The van der Waals surface area contributed by atoms with Crippen molar-refractivity contribution in [3.63, 3.8) is 0 Å². The highest BCUT2D eigenvalue weighted by Crippen LogP contribution is 2.24. The van der Waals surface area contributed by atoms with E-state index in [1.165, 1.54) is 12.1 Å². The molecule has 0 saturated carbocycles. The summed E-state index contributed by atoms with van der Waals surface area (Å²) < 4.78 is 32.9. The van der Waals surface area contributed by atoms with E-state index in [2.05, 4.69) is 20.7 Å². The number of carbonyl (C=O) groups is 1. The van der Waals surface area contributed by atoms with Crippen molar-refractivity contribution < 1.29 is 23.1 Å². The molecular formula is C13H16BrNO5S. The zero-order chi connectivity index (χ0) is 15.6. The molecular weight excluding hydrogens is 362 g/mol. The van der Waals surface area contributed by atoms with Crippen LogP contribution >= 0.6 is 15.9 Å². The van der Waals surface area contributed by atoms with Crippen molar-refractivity contribution in [3.05, 3.63) is 28.2 Å².